The van der Waals surface area contributed by atoms with Gasteiger partial charge in [0.25, 0.3) is 5.91 Å². The summed E-state index contributed by atoms with van der Waals surface area (Å²) in [6, 6.07) is 5.41. The standard InChI is InChI=1S/C14H12FNO5/c15-9-1-2-10-8(5-9)6-11(21-10)13(17)16-3-4-20-12(7-16)14(18)19/h1-2,5-6,12H,3-4,7H2,(H,18,19)/t12-/m1/s1. The molecule has 6 nitrogen and oxygen atoms in total. The fraction of sp³-hybridized carbons (Fsp3) is 0.286. The van der Waals surface area contributed by atoms with Gasteiger partial charge in [-0.2, -0.15) is 0 Å². The van der Waals surface area contributed by atoms with Crippen LogP contribution < -0.4 is 0 Å². The van der Waals surface area contributed by atoms with Gasteiger partial charge in [0.05, 0.1) is 13.2 Å². The van der Waals surface area contributed by atoms with Crippen LogP contribution in [0.1, 0.15) is 10.6 Å². The molecule has 2 aromatic rings. The minimum Gasteiger partial charge on any atom is -0.479 e. The van der Waals surface area contributed by atoms with E-state index in [9.17, 15) is 14.0 Å². The first-order valence-corrected chi connectivity index (χ1v) is 6.37. The van der Waals surface area contributed by atoms with Crippen LogP contribution in [-0.2, 0) is 9.53 Å². The number of furan rings is 1. The second-order valence-corrected chi connectivity index (χ2v) is 4.74. The van der Waals surface area contributed by atoms with Crippen molar-refractivity contribution in [2.45, 2.75) is 6.10 Å². The number of aliphatic carboxylic acids is 1. The van der Waals surface area contributed by atoms with Gasteiger partial charge < -0.3 is 19.2 Å². The highest BCUT2D eigenvalue weighted by molar-refractivity contribution is 5.96. The third-order valence-electron chi connectivity index (χ3n) is 3.32. The molecule has 7 heteroatoms. The number of carboxylic acid groups (broad SMARTS) is 1. The van der Waals surface area contributed by atoms with Crippen LogP contribution in [0.25, 0.3) is 11.0 Å². The highest BCUT2D eigenvalue weighted by Crippen LogP contribution is 2.22. The molecule has 0 saturated carbocycles. The summed E-state index contributed by atoms with van der Waals surface area (Å²) in [4.78, 5) is 24.6. The molecule has 1 atom stereocenters. The van der Waals surface area contributed by atoms with E-state index in [4.69, 9.17) is 14.3 Å². The lowest BCUT2D eigenvalue weighted by Crippen LogP contribution is -2.48. The summed E-state index contributed by atoms with van der Waals surface area (Å²) in [5, 5.41) is 9.41. The van der Waals surface area contributed by atoms with E-state index in [2.05, 4.69) is 0 Å². The average molecular weight is 293 g/mol. The van der Waals surface area contributed by atoms with Crippen molar-refractivity contribution in [2.24, 2.45) is 0 Å². The summed E-state index contributed by atoms with van der Waals surface area (Å²) in [5.41, 5.74) is 0.405. The van der Waals surface area contributed by atoms with Gasteiger partial charge in [0.2, 0.25) is 0 Å². The Morgan fingerprint density at radius 3 is 2.90 bits per heavy atom. The highest BCUT2D eigenvalue weighted by Gasteiger charge is 2.30. The Hall–Kier alpha value is -2.41. The molecule has 1 saturated heterocycles. The topological polar surface area (TPSA) is 80.0 Å². The minimum atomic E-state index is -1.11. The Bertz CT molecular complexity index is 710. The summed E-state index contributed by atoms with van der Waals surface area (Å²) >= 11 is 0. The predicted molar refractivity (Wildman–Crippen MR) is 69.5 cm³/mol. The van der Waals surface area contributed by atoms with Gasteiger partial charge in [-0.05, 0) is 24.3 Å². The van der Waals surface area contributed by atoms with Gasteiger partial charge >= 0.3 is 5.97 Å². The molecule has 0 aliphatic carbocycles. The predicted octanol–water partition coefficient (Wildman–Crippen LogP) is 1.50. The number of rotatable bonds is 2. The molecule has 1 N–H and O–H groups in total. The van der Waals surface area contributed by atoms with Gasteiger partial charge in [-0.3, -0.25) is 4.79 Å². The first kappa shape index (κ1) is 13.6. The molecule has 1 aliphatic rings. The summed E-state index contributed by atoms with van der Waals surface area (Å²) in [6.07, 6.45) is -1.04. The van der Waals surface area contributed by atoms with Crippen molar-refractivity contribution in [1.29, 1.82) is 0 Å². The molecule has 0 bridgehead atoms. The third-order valence-corrected chi connectivity index (χ3v) is 3.32. The van der Waals surface area contributed by atoms with Crippen molar-refractivity contribution < 1.29 is 28.2 Å². The number of benzene rings is 1. The first-order chi connectivity index (χ1) is 10.0. The molecule has 1 fully saturated rings. The van der Waals surface area contributed by atoms with Crippen LogP contribution in [0, 0.1) is 5.82 Å². The number of carbonyl (C=O) groups is 2. The fourth-order valence-electron chi connectivity index (χ4n) is 2.26. The Morgan fingerprint density at radius 2 is 2.14 bits per heavy atom. The number of nitrogens with zero attached hydrogens (tertiary/aromatic N) is 1. The van der Waals surface area contributed by atoms with E-state index in [0.29, 0.717) is 11.0 Å². The van der Waals surface area contributed by atoms with Crippen LogP contribution >= 0.6 is 0 Å². The van der Waals surface area contributed by atoms with Crippen molar-refractivity contribution in [2.75, 3.05) is 19.7 Å². The number of amides is 1. The molecule has 2 heterocycles. The maximum absolute atomic E-state index is 13.1. The molecule has 1 amide bonds. The van der Waals surface area contributed by atoms with Crippen LogP contribution in [0.2, 0.25) is 0 Å². The molecule has 0 unspecified atom stereocenters. The van der Waals surface area contributed by atoms with Crippen molar-refractivity contribution >= 4 is 22.8 Å². The Kier molecular flexibility index (Phi) is 3.34. The zero-order chi connectivity index (χ0) is 15.0. The van der Waals surface area contributed by atoms with Crippen LogP contribution in [0.15, 0.2) is 28.7 Å². The molecule has 21 heavy (non-hydrogen) atoms. The number of hydrogen-bond acceptors (Lipinski definition) is 4. The smallest absolute Gasteiger partial charge is 0.334 e. The number of ether oxygens (including phenoxy) is 1. The number of fused-ring (bicyclic) bond motifs is 1. The zero-order valence-corrected chi connectivity index (χ0v) is 10.9. The SMILES string of the molecule is O=C(O)[C@H]1CN(C(=O)c2cc3cc(F)ccc3o2)CCO1. The second kappa shape index (κ2) is 5.17. The summed E-state index contributed by atoms with van der Waals surface area (Å²) < 4.78 is 23.6. The summed E-state index contributed by atoms with van der Waals surface area (Å²) in [6.45, 7) is 0.394. The van der Waals surface area contributed by atoms with E-state index in [1.165, 1.54) is 29.2 Å². The van der Waals surface area contributed by atoms with Gasteiger partial charge in [0, 0.05) is 11.9 Å². The molecule has 3 rings (SSSR count). The summed E-state index contributed by atoms with van der Waals surface area (Å²) in [5.74, 6) is -1.90. The van der Waals surface area contributed by atoms with Crippen molar-refractivity contribution in [3.05, 3.63) is 35.8 Å². The van der Waals surface area contributed by atoms with E-state index in [1.807, 2.05) is 0 Å². The maximum atomic E-state index is 13.1. The van der Waals surface area contributed by atoms with Gasteiger partial charge in [0.15, 0.2) is 11.9 Å². The van der Waals surface area contributed by atoms with Gasteiger partial charge in [-0.25, -0.2) is 9.18 Å². The second-order valence-electron chi connectivity index (χ2n) is 4.74. The van der Waals surface area contributed by atoms with Gasteiger partial charge in [-0.15, -0.1) is 0 Å². The molecular formula is C14H12FNO5. The lowest BCUT2D eigenvalue weighted by molar-refractivity contribution is -0.154. The van der Waals surface area contributed by atoms with Crippen molar-refractivity contribution in [3.63, 3.8) is 0 Å². The molecule has 0 radical (unpaired) electrons. The lowest BCUT2D eigenvalue weighted by atomic mass is 10.2. The van der Waals surface area contributed by atoms with E-state index < -0.39 is 23.8 Å². The van der Waals surface area contributed by atoms with Crippen molar-refractivity contribution in [3.8, 4) is 0 Å². The van der Waals surface area contributed by atoms with Gasteiger partial charge in [0.1, 0.15) is 11.4 Å². The fourth-order valence-corrected chi connectivity index (χ4v) is 2.26. The molecule has 1 aromatic heterocycles. The van der Waals surface area contributed by atoms with Crippen LogP contribution in [0.3, 0.4) is 0 Å². The molecule has 1 aromatic carbocycles. The highest BCUT2D eigenvalue weighted by atomic mass is 19.1. The van der Waals surface area contributed by atoms with E-state index in [1.54, 1.807) is 0 Å². The van der Waals surface area contributed by atoms with Crippen LogP contribution in [0.5, 0.6) is 0 Å². The third kappa shape index (κ3) is 2.59. The Labute approximate surface area is 118 Å². The number of hydrogen-bond donors (Lipinski definition) is 1. The monoisotopic (exact) mass is 293 g/mol. The van der Waals surface area contributed by atoms with Gasteiger partial charge in [-0.1, -0.05) is 0 Å². The van der Waals surface area contributed by atoms with Crippen LogP contribution in [0.4, 0.5) is 4.39 Å². The number of carboxylic acids is 1. The normalized spacial score (nSPS) is 18.9. The molecule has 0 spiro atoms. The minimum absolute atomic E-state index is 0.0421. The lowest BCUT2D eigenvalue weighted by Gasteiger charge is -2.30. The van der Waals surface area contributed by atoms with Crippen molar-refractivity contribution in [1.82, 2.24) is 4.90 Å². The molecule has 110 valence electrons. The van der Waals surface area contributed by atoms with E-state index >= 15 is 0 Å². The average Bonchev–Trinajstić information content (AvgIpc) is 2.89. The maximum Gasteiger partial charge on any atom is 0.334 e. The number of morpholine rings is 1. The Balaban J connectivity index is 1.84. The first-order valence-electron chi connectivity index (χ1n) is 6.37. The Morgan fingerprint density at radius 1 is 1.33 bits per heavy atom. The molecular weight excluding hydrogens is 281 g/mol. The van der Waals surface area contributed by atoms with E-state index in [0.717, 1.165) is 0 Å². The van der Waals surface area contributed by atoms with Crippen LogP contribution in [-0.4, -0.2) is 47.7 Å². The zero-order valence-electron chi connectivity index (χ0n) is 10.9. The quantitative estimate of drug-likeness (QED) is 0.907. The number of carbonyl (C=O) groups excluding carboxylic acids is 1. The summed E-state index contributed by atoms with van der Waals surface area (Å²) in [7, 11) is 0. The largest absolute Gasteiger partial charge is 0.479 e. The van der Waals surface area contributed by atoms with E-state index in [-0.39, 0.29) is 25.5 Å². The number of halogens is 1. The molecule has 1 aliphatic heterocycles.